The van der Waals surface area contributed by atoms with E-state index in [-0.39, 0.29) is 17.6 Å². The maximum Gasteiger partial charge on any atom is 0.242 e. The third-order valence-corrected chi connectivity index (χ3v) is 6.17. The molecular weight excluding hydrogens is 427 g/mol. The highest BCUT2D eigenvalue weighted by Gasteiger charge is 2.26. The lowest BCUT2D eigenvalue weighted by atomic mass is 10.1. The molecule has 0 aliphatic carbocycles. The van der Waals surface area contributed by atoms with E-state index in [1.54, 1.807) is 24.0 Å². The molecule has 0 bridgehead atoms. The van der Waals surface area contributed by atoms with Crippen LogP contribution in [0.5, 0.6) is 0 Å². The zero-order valence-corrected chi connectivity index (χ0v) is 19.2. The Hall–Kier alpha value is -1.69. The van der Waals surface area contributed by atoms with Crippen LogP contribution in [0, 0.1) is 6.92 Å². The number of carbonyl (C=O) groups is 2. The molecule has 0 heterocycles. The molecule has 2 aromatic rings. The van der Waals surface area contributed by atoms with Crippen molar-refractivity contribution in [2.24, 2.45) is 0 Å². The zero-order chi connectivity index (χ0) is 21.4. The van der Waals surface area contributed by atoms with Gasteiger partial charge in [-0.2, -0.15) is 0 Å². The van der Waals surface area contributed by atoms with E-state index in [4.69, 9.17) is 23.2 Å². The number of benzene rings is 2. The predicted molar refractivity (Wildman–Crippen MR) is 122 cm³/mol. The summed E-state index contributed by atoms with van der Waals surface area (Å²) in [5, 5.41) is 3.98. The SMILES string of the molecule is CCNC(=O)[C@@H](C)N(Cc1ccccc1C)C(=O)CSCc1ccc(Cl)cc1Cl. The minimum Gasteiger partial charge on any atom is -0.355 e. The van der Waals surface area contributed by atoms with Crippen LogP contribution in [0.4, 0.5) is 0 Å². The van der Waals surface area contributed by atoms with Crippen molar-refractivity contribution in [1.82, 2.24) is 10.2 Å². The third kappa shape index (κ3) is 6.95. The van der Waals surface area contributed by atoms with Gasteiger partial charge in [-0.25, -0.2) is 0 Å². The first kappa shape index (κ1) is 23.6. The number of nitrogens with one attached hydrogen (secondary N) is 1. The van der Waals surface area contributed by atoms with Crippen LogP contribution in [-0.4, -0.2) is 35.1 Å². The first-order valence-electron chi connectivity index (χ1n) is 9.46. The summed E-state index contributed by atoms with van der Waals surface area (Å²) in [5.74, 6) is 0.617. The minimum absolute atomic E-state index is 0.0814. The van der Waals surface area contributed by atoms with Crippen LogP contribution in [0.3, 0.4) is 0 Å². The molecule has 0 radical (unpaired) electrons. The first-order valence-corrected chi connectivity index (χ1v) is 11.4. The average Bonchev–Trinajstić information content (AvgIpc) is 2.68. The van der Waals surface area contributed by atoms with E-state index in [1.807, 2.05) is 44.2 Å². The monoisotopic (exact) mass is 452 g/mol. The Morgan fingerprint density at radius 1 is 1.14 bits per heavy atom. The van der Waals surface area contributed by atoms with Crippen LogP contribution < -0.4 is 5.32 Å². The standard InChI is InChI=1S/C22H26Cl2N2O2S/c1-4-25-22(28)16(3)26(12-17-8-6-5-7-15(17)2)21(27)14-29-13-18-9-10-19(23)11-20(18)24/h5-11,16H,4,12-14H2,1-3H3,(H,25,28)/t16-/m1/s1. The Balaban J connectivity index is 2.08. The van der Waals surface area contributed by atoms with E-state index in [0.717, 1.165) is 16.7 Å². The molecule has 2 rings (SSSR count). The highest BCUT2D eigenvalue weighted by molar-refractivity contribution is 7.99. The minimum atomic E-state index is -0.554. The number of hydrogen-bond acceptors (Lipinski definition) is 3. The van der Waals surface area contributed by atoms with Crippen LogP contribution in [0.2, 0.25) is 10.0 Å². The fraction of sp³-hybridized carbons (Fsp3) is 0.364. The molecule has 0 spiro atoms. The average molecular weight is 453 g/mol. The summed E-state index contributed by atoms with van der Waals surface area (Å²) in [6, 6.07) is 12.7. The van der Waals surface area contributed by atoms with Gasteiger partial charge in [0.05, 0.1) is 5.75 Å². The normalized spacial score (nSPS) is 11.8. The smallest absolute Gasteiger partial charge is 0.242 e. The summed E-state index contributed by atoms with van der Waals surface area (Å²) < 4.78 is 0. The number of carbonyl (C=O) groups excluding carboxylic acids is 2. The third-order valence-electron chi connectivity index (χ3n) is 4.62. The number of halogens is 2. The second-order valence-electron chi connectivity index (χ2n) is 6.75. The van der Waals surface area contributed by atoms with Crippen molar-refractivity contribution < 1.29 is 9.59 Å². The van der Waals surface area contributed by atoms with Crippen LogP contribution in [0.25, 0.3) is 0 Å². The maximum absolute atomic E-state index is 13.0. The van der Waals surface area contributed by atoms with E-state index < -0.39 is 6.04 Å². The molecular formula is C22H26Cl2N2O2S. The topological polar surface area (TPSA) is 49.4 Å². The largest absolute Gasteiger partial charge is 0.355 e. The van der Waals surface area contributed by atoms with Crippen molar-refractivity contribution >= 4 is 46.8 Å². The Morgan fingerprint density at radius 2 is 1.86 bits per heavy atom. The summed E-state index contributed by atoms with van der Waals surface area (Å²) in [5.41, 5.74) is 3.05. The van der Waals surface area contributed by atoms with Crippen molar-refractivity contribution in [3.8, 4) is 0 Å². The molecule has 0 aliphatic rings. The molecule has 2 aromatic carbocycles. The molecule has 0 saturated heterocycles. The van der Waals surface area contributed by atoms with E-state index in [2.05, 4.69) is 5.32 Å². The molecule has 7 heteroatoms. The number of amides is 2. The van der Waals surface area contributed by atoms with Crippen molar-refractivity contribution in [2.45, 2.75) is 39.1 Å². The quantitative estimate of drug-likeness (QED) is 0.576. The molecule has 0 fully saturated rings. The molecule has 1 N–H and O–H groups in total. The summed E-state index contributed by atoms with van der Waals surface area (Å²) in [6.45, 7) is 6.56. The van der Waals surface area contributed by atoms with E-state index in [0.29, 0.717) is 28.9 Å². The van der Waals surface area contributed by atoms with Gasteiger partial charge >= 0.3 is 0 Å². The lowest BCUT2D eigenvalue weighted by molar-refractivity contribution is -0.138. The lowest BCUT2D eigenvalue weighted by Crippen LogP contribution is -2.48. The highest BCUT2D eigenvalue weighted by Crippen LogP contribution is 2.25. The lowest BCUT2D eigenvalue weighted by Gasteiger charge is -2.29. The van der Waals surface area contributed by atoms with Crippen molar-refractivity contribution in [3.63, 3.8) is 0 Å². The number of hydrogen-bond donors (Lipinski definition) is 1. The number of rotatable bonds is 9. The van der Waals surface area contributed by atoms with Gasteiger partial charge in [0.15, 0.2) is 0 Å². The van der Waals surface area contributed by atoms with Gasteiger partial charge in [0.25, 0.3) is 0 Å². The van der Waals surface area contributed by atoms with Gasteiger partial charge in [0.2, 0.25) is 11.8 Å². The van der Waals surface area contributed by atoms with Crippen LogP contribution in [0.1, 0.15) is 30.5 Å². The summed E-state index contributed by atoms with van der Waals surface area (Å²) in [7, 11) is 0. The highest BCUT2D eigenvalue weighted by atomic mass is 35.5. The molecule has 0 unspecified atom stereocenters. The first-order chi connectivity index (χ1) is 13.8. The van der Waals surface area contributed by atoms with E-state index in [9.17, 15) is 9.59 Å². The van der Waals surface area contributed by atoms with Gasteiger partial charge in [0, 0.05) is 28.9 Å². The summed E-state index contributed by atoms with van der Waals surface area (Å²) in [4.78, 5) is 27.0. The van der Waals surface area contributed by atoms with E-state index in [1.165, 1.54) is 11.8 Å². The number of thioether (sulfide) groups is 1. The van der Waals surface area contributed by atoms with Crippen LogP contribution in [0.15, 0.2) is 42.5 Å². The molecule has 29 heavy (non-hydrogen) atoms. The van der Waals surface area contributed by atoms with Gasteiger partial charge in [-0.15, -0.1) is 11.8 Å². The Bertz CT molecular complexity index is 860. The molecule has 0 aliphatic heterocycles. The summed E-state index contributed by atoms with van der Waals surface area (Å²) in [6.07, 6.45) is 0. The van der Waals surface area contributed by atoms with Crippen molar-refractivity contribution in [3.05, 3.63) is 69.2 Å². The second kappa shape index (κ2) is 11.5. The van der Waals surface area contributed by atoms with Gasteiger partial charge < -0.3 is 10.2 Å². The molecule has 0 saturated carbocycles. The summed E-state index contributed by atoms with van der Waals surface area (Å²) >= 11 is 13.6. The maximum atomic E-state index is 13.0. The number of nitrogens with zero attached hydrogens (tertiary/aromatic N) is 1. The Morgan fingerprint density at radius 3 is 2.52 bits per heavy atom. The molecule has 0 aromatic heterocycles. The fourth-order valence-corrected chi connectivity index (χ4v) is 4.31. The molecule has 1 atom stereocenters. The zero-order valence-electron chi connectivity index (χ0n) is 16.9. The van der Waals surface area contributed by atoms with Gasteiger partial charge in [0.1, 0.15) is 6.04 Å². The fourth-order valence-electron chi connectivity index (χ4n) is 2.85. The van der Waals surface area contributed by atoms with Crippen molar-refractivity contribution in [1.29, 1.82) is 0 Å². The van der Waals surface area contributed by atoms with Crippen LogP contribution >= 0.6 is 35.0 Å². The Labute approximate surface area is 187 Å². The second-order valence-corrected chi connectivity index (χ2v) is 8.58. The van der Waals surface area contributed by atoms with E-state index >= 15 is 0 Å². The molecule has 4 nitrogen and oxygen atoms in total. The molecule has 2 amide bonds. The Kier molecular flexibility index (Phi) is 9.34. The van der Waals surface area contributed by atoms with Crippen molar-refractivity contribution in [2.75, 3.05) is 12.3 Å². The predicted octanol–water partition coefficient (Wildman–Crippen LogP) is 5.09. The van der Waals surface area contributed by atoms with Gasteiger partial charge in [-0.1, -0.05) is 53.5 Å². The van der Waals surface area contributed by atoms with Crippen LogP contribution in [-0.2, 0) is 21.9 Å². The van der Waals surface area contributed by atoms with Gasteiger partial charge in [-0.05, 0) is 49.6 Å². The molecule has 156 valence electrons. The van der Waals surface area contributed by atoms with Gasteiger partial charge in [-0.3, -0.25) is 9.59 Å². The number of aryl methyl sites for hydroxylation is 1. The number of likely N-dealkylation sites (N-methyl/N-ethyl adjacent to an activating group) is 1.